The second kappa shape index (κ2) is 9.75. The van der Waals surface area contributed by atoms with Gasteiger partial charge >= 0.3 is 0 Å². The minimum Gasteiger partial charge on any atom is -0.507 e. The molecule has 7 heteroatoms. The van der Waals surface area contributed by atoms with Gasteiger partial charge in [0, 0.05) is 30.9 Å². The summed E-state index contributed by atoms with van der Waals surface area (Å²) < 4.78 is 5.76. The molecule has 0 aliphatic carbocycles. The summed E-state index contributed by atoms with van der Waals surface area (Å²) in [5.74, 6) is -0.580. The molecule has 2 aliphatic rings. The molecule has 4 rings (SSSR count). The van der Waals surface area contributed by atoms with Crippen LogP contribution in [0.5, 0.6) is 5.75 Å². The third kappa shape index (κ3) is 4.50. The molecule has 1 aromatic heterocycles. The maximum atomic E-state index is 13.1. The Morgan fingerprint density at radius 1 is 1.18 bits per heavy atom. The van der Waals surface area contributed by atoms with Crippen LogP contribution in [-0.4, -0.2) is 63.9 Å². The van der Waals surface area contributed by atoms with Gasteiger partial charge in [0.1, 0.15) is 17.6 Å². The normalized spacial score (nSPS) is 21.5. The summed E-state index contributed by atoms with van der Waals surface area (Å²) in [5.41, 5.74) is 2.39. The van der Waals surface area contributed by atoms with E-state index in [0.717, 1.165) is 49.4 Å². The number of hydrogen-bond donors (Lipinski definition) is 1. The van der Waals surface area contributed by atoms with Crippen LogP contribution in [0, 0.1) is 0 Å². The quantitative estimate of drug-likeness (QED) is 0.377. The molecule has 0 saturated carbocycles. The highest BCUT2D eigenvalue weighted by atomic mass is 16.5. The van der Waals surface area contributed by atoms with E-state index in [1.807, 2.05) is 19.1 Å². The lowest BCUT2D eigenvalue weighted by atomic mass is 9.95. The summed E-state index contributed by atoms with van der Waals surface area (Å²) in [7, 11) is 0. The van der Waals surface area contributed by atoms with Gasteiger partial charge in [0.25, 0.3) is 11.7 Å². The lowest BCUT2D eigenvalue weighted by Crippen LogP contribution is -2.33. The van der Waals surface area contributed by atoms with Gasteiger partial charge in [-0.3, -0.25) is 14.6 Å². The second-order valence-electron chi connectivity index (χ2n) is 8.61. The maximum absolute atomic E-state index is 13.1. The molecule has 0 bridgehead atoms. The highest BCUT2D eigenvalue weighted by molar-refractivity contribution is 6.46. The predicted molar refractivity (Wildman–Crippen MR) is 126 cm³/mol. The summed E-state index contributed by atoms with van der Waals surface area (Å²) in [5, 5.41) is 11.3. The molecule has 1 N–H and O–H groups in total. The number of ketones is 1. The molecule has 7 nitrogen and oxygen atoms in total. The monoisotopic (exact) mass is 449 g/mol. The molecule has 2 aliphatic heterocycles. The predicted octanol–water partition coefficient (Wildman–Crippen LogP) is 3.56. The standard InChI is InChI=1S/C26H31N3O4/c1-4-28(5-2)13-6-14-29-23(18-9-11-27-12-10-18)22(25(31)26(29)32)24(30)19-7-8-21-20(16-19)15-17(3)33-21/h7-12,16-17,23,30H,4-6,13-15H2,1-3H3/t17-,23-/m0/s1. The number of rotatable bonds is 8. The number of Topliss-reactive ketones (excluding diaryl/α,β-unsaturated/α-hetero) is 1. The average molecular weight is 450 g/mol. The largest absolute Gasteiger partial charge is 0.507 e. The number of aromatic nitrogens is 1. The van der Waals surface area contributed by atoms with Crippen molar-refractivity contribution in [1.82, 2.24) is 14.8 Å². The van der Waals surface area contributed by atoms with Gasteiger partial charge in [-0.05, 0) is 74.4 Å². The summed E-state index contributed by atoms with van der Waals surface area (Å²) in [6.07, 6.45) is 4.83. The number of ether oxygens (including phenoxy) is 1. The third-order valence-electron chi connectivity index (χ3n) is 6.50. The van der Waals surface area contributed by atoms with Gasteiger partial charge in [0.05, 0.1) is 11.6 Å². The van der Waals surface area contributed by atoms with Crippen LogP contribution in [0.4, 0.5) is 0 Å². The molecule has 2 aromatic rings. The number of aliphatic hydroxyl groups excluding tert-OH is 1. The first-order chi connectivity index (χ1) is 15.9. The Kier molecular flexibility index (Phi) is 6.79. The van der Waals surface area contributed by atoms with Crippen LogP contribution >= 0.6 is 0 Å². The first-order valence-electron chi connectivity index (χ1n) is 11.6. The fourth-order valence-electron chi connectivity index (χ4n) is 4.73. The first-order valence-corrected chi connectivity index (χ1v) is 11.6. The van der Waals surface area contributed by atoms with Gasteiger partial charge in [0.2, 0.25) is 0 Å². The SMILES string of the molecule is CCN(CC)CCCN1C(=O)C(=O)C(=C(O)c2ccc3c(c2)C[C@H](C)O3)[C@@H]1c1ccncc1. The zero-order chi connectivity index (χ0) is 23.5. The van der Waals surface area contributed by atoms with Gasteiger partial charge in [-0.1, -0.05) is 13.8 Å². The summed E-state index contributed by atoms with van der Waals surface area (Å²) in [4.78, 5) is 34.2. The van der Waals surface area contributed by atoms with E-state index in [-0.39, 0.29) is 17.4 Å². The van der Waals surface area contributed by atoms with E-state index in [0.29, 0.717) is 12.1 Å². The van der Waals surface area contributed by atoms with Crippen LogP contribution in [0.1, 0.15) is 49.9 Å². The summed E-state index contributed by atoms with van der Waals surface area (Å²) in [6, 6.07) is 8.34. The number of carbonyl (C=O) groups is 2. The molecule has 33 heavy (non-hydrogen) atoms. The molecule has 2 atom stereocenters. The van der Waals surface area contributed by atoms with Gasteiger partial charge < -0.3 is 19.6 Å². The Balaban J connectivity index is 1.71. The smallest absolute Gasteiger partial charge is 0.295 e. The van der Waals surface area contributed by atoms with E-state index in [1.165, 1.54) is 0 Å². The zero-order valence-electron chi connectivity index (χ0n) is 19.5. The molecule has 3 heterocycles. The van der Waals surface area contributed by atoms with E-state index >= 15 is 0 Å². The molecular formula is C26H31N3O4. The fourth-order valence-corrected chi connectivity index (χ4v) is 4.73. The van der Waals surface area contributed by atoms with Crippen molar-refractivity contribution < 1.29 is 19.4 Å². The van der Waals surface area contributed by atoms with Crippen LogP contribution in [0.25, 0.3) is 5.76 Å². The molecule has 1 amide bonds. The van der Waals surface area contributed by atoms with Gasteiger partial charge in [-0.15, -0.1) is 0 Å². The summed E-state index contributed by atoms with van der Waals surface area (Å²) in [6.45, 7) is 9.34. The van der Waals surface area contributed by atoms with E-state index < -0.39 is 17.7 Å². The zero-order valence-corrected chi connectivity index (χ0v) is 19.5. The molecular weight excluding hydrogens is 418 g/mol. The van der Waals surface area contributed by atoms with Crippen molar-refractivity contribution in [3.05, 3.63) is 65.0 Å². The van der Waals surface area contributed by atoms with E-state index in [1.54, 1.807) is 35.5 Å². The number of benzene rings is 1. The number of fused-ring (bicyclic) bond motifs is 1. The number of hydrogen-bond acceptors (Lipinski definition) is 6. The number of likely N-dealkylation sites (tertiary alicyclic amines) is 1. The molecule has 0 radical (unpaired) electrons. The van der Waals surface area contributed by atoms with Crippen LogP contribution in [0.2, 0.25) is 0 Å². The van der Waals surface area contributed by atoms with Gasteiger partial charge in [-0.2, -0.15) is 0 Å². The average Bonchev–Trinajstić information content (AvgIpc) is 3.32. The highest BCUT2D eigenvalue weighted by Crippen LogP contribution is 2.40. The molecule has 1 saturated heterocycles. The fraction of sp³-hybridized carbons (Fsp3) is 0.423. The molecule has 0 spiro atoms. The topological polar surface area (TPSA) is 83.0 Å². The number of pyridine rings is 1. The van der Waals surface area contributed by atoms with Crippen molar-refractivity contribution in [2.24, 2.45) is 0 Å². The van der Waals surface area contributed by atoms with Crippen LogP contribution in [-0.2, 0) is 16.0 Å². The highest BCUT2D eigenvalue weighted by Gasteiger charge is 2.45. The lowest BCUT2D eigenvalue weighted by molar-refractivity contribution is -0.140. The number of amides is 1. The minimum atomic E-state index is -0.651. The van der Waals surface area contributed by atoms with Crippen molar-refractivity contribution in [3.8, 4) is 5.75 Å². The maximum Gasteiger partial charge on any atom is 0.295 e. The van der Waals surface area contributed by atoms with Crippen molar-refractivity contribution >= 4 is 17.4 Å². The number of nitrogens with zero attached hydrogens (tertiary/aromatic N) is 3. The Morgan fingerprint density at radius 3 is 2.61 bits per heavy atom. The van der Waals surface area contributed by atoms with Crippen molar-refractivity contribution in [1.29, 1.82) is 0 Å². The van der Waals surface area contributed by atoms with Gasteiger partial charge in [0.15, 0.2) is 0 Å². The van der Waals surface area contributed by atoms with E-state index in [9.17, 15) is 14.7 Å². The van der Waals surface area contributed by atoms with E-state index in [4.69, 9.17) is 4.74 Å². The number of aliphatic hydroxyl groups is 1. The van der Waals surface area contributed by atoms with Crippen LogP contribution < -0.4 is 4.74 Å². The Labute approximate surface area is 194 Å². The van der Waals surface area contributed by atoms with Crippen molar-refractivity contribution in [2.75, 3.05) is 26.2 Å². The third-order valence-corrected chi connectivity index (χ3v) is 6.50. The molecule has 174 valence electrons. The lowest BCUT2D eigenvalue weighted by Gasteiger charge is -2.26. The molecule has 1 fully saturated rings. The van der Waals surface area contributed by atoms with Crippen molar-refractivity contribution in [3.63, 3.8) is 0 Å². The Hall–Kier alpha value is -3.19. The second-order valence-corrected chi connectivity index (χ2v) is 8.61. The number of carbonyl (C=O) groups excluding carboxylic acids is 2. The van der Waals surface area contributed by atoms with Crippen LogP contribution in [0.3, 0.4) is 0 Å². The minimum absolute atomic E-state index is 0.0746. The van der Waals surface area contributed by atoms with Crippen LogP contribution in [0.15, 0.2) is 48.3 Å². The van der Waals surface area contributed by atoms with E-state index in [2.05, 4.69) is 23.7 Å². The molecule has 0 unspecified atom stereocenters. The Bertz CT molecular complexity index is 1060. The summed E-state index contributed by atoms with van der Waals surface area (Å²) >= 11 is 0. The van der Waals surface area contributed by atoms with Gasteiger partial charge in [-0.25, -0.2) is 0 Å². The molecule has 1 aromatic carbocycles. The first kappa shape index (κ1) is 23.0. The van der Waals surface area contributed by atoms with Crippen molar-refractivity contribution in [2.45, 2.75) is 45.8 Å². The Morgan fingerprint density at radius 2 is 1.91 bits per heavy atom.